The van der Waals surface area contributed by atoms with Crippen LogP contribution in [0.4, 0.5) is 11.5 Å². The zero-order valence-electron chi connectivity index (χ0n) is 15.6. The number of hydrogen-bond acceptors (Lipinski definition) is 6. The minimum Gasteiger partial charge on any atom is -0.465 e. The molecule has 1 aromatic carbocycles. The molecule has 1 atom stereocenters. The lowest BCUT2D eigenvalue weighted by molar-refractivity contribution is 0.0593. The van der Waals surface area contributed by atoms with Crippen molar-refractivity contribution < 1.29 is 14.3 Å². The normalized spacial score (nSPS) is 16.7. The van der Waals surface area contributed by atoms with Gasteiger partial charge in [-0.05, 0) is 49.9 Å². The van der Waals surface area contributed by atoms with Crippen LogP contribution in [0.5, 0.6) is 0 Å². The number of methoxy groups -OCH3 is 1. The number of carbonyl (C=O) groups excluding carboxylic acids is 2. The van der Waals surface area contributed by atoms with E-state index in [2.05, 4.69) is 26.9 Å². The summed E-state index contributed by atoms with van der Waals surface area (Å²) in [7, 11) is 1.35. The van der Waals surface area contributed by atoms with Crippen molar-refractivity contribution in [2.75, 3.05) is 19.0 Å². The summed E-state index contributed by atoms with van der Waals surface area (Å²) in [6, 6.07) is 8.80. The molecule has 0 radical (unpaired) electrons. The fourth-order valence-corrected chi connectivity index (χ4v) is 3.34. The van der Waals surface area contributed by atoms with Gasteiger partial charge in [-0.15, -0.1) is 0 Å². The molecule has 1 aliphatic rings. The van der Waals surface area contributed by atoms with E-state index in [1.165, 1.54) is 19.9 Å². The van der Waals surface area contributed by atoms with Gasteiger partial charge in [0.15, 0.2) is 0 Å². The molecule has 1 unspecified atom stereocenters. The number of nitrogens with zero attached hydrogens (tertiary/aromatic N) is 3. The van der Waals surface area contributed by atoms with Crippen molar-refractivity contribution in [2.45, 2.75) is 38.6 Å². The minimum atomic E-state index is -0.386. The van der Waals surface area contributed by atoms with Crippen molar-refractivity contribution in [3.63, 3.8) is 0 Å². The topological polar surface area (TPSA) is 84.4 Å². The highest BCUT2D eigenvalue weighted by molar-refractivity contribution is 5.93. The Kier molecular flexibility index (Phi) is 6.01. The quantitative estimate of drug-likeness (QED) is 0.814. The lowest BCUT2D eigenvalue weighted by atomic mass is 9.99. The molecule has 0 spiro atoms. The number of anilines is 2. The predicted molar refractivity (Wildman–Crippen MR) is 102 cm³/mol. The van der Waals surface area contributed by atoms with Gasteiger partial charge in [0.1, 0.15) is 17.8 Å². The SMILES string of the molecule is CCC1CCCCN1C(=O)c1cc(Nc2ccc(C(=O)OC)cc2)ncn1. The second kappa shape index (κ2) is 8.62. The predicted octanol–water partition coefficient (Wildman–Crippen LogP) is 3.41. The lowest BCUT2D eigenvalue weighted by Crippen LogP contribution is -2.43. The molecule has 1 amide bonds. The summed E-state index contributed by atoms with van der Waals surface area (Å²) in [4.78, 5) is 34.7. The standard InChI is InChI=1S/C20H24N4O3/c1-3-16-6-4-5-11-24(16)19(25)17-12-18(22-13-21-17)23-15-9-7-14(8-10-15)20(26)27-2/h7-10,12-13,16H,3-6,11H2,1-2H3,(H,21,22,23). The van der Waals surface area contributed by atoms with Crippen LogP contribution >= 0.6 is 0 Å². The van der Waals surface area contributed by atoms with Crippen LogP contribution in [0, 0.1) is 0 Å². The van der Waals surface area contributed by atoms with E-state index in [0.29, 0.717) is 17.1 Å². The molecule has 1 saturated heterocycles. The summed E-state index contributed by atoms with van der Waals surface area (Å²) < 4.78 is 4.69. The van der Waals surface area contributed by atoms with Crippen LogP contribution in [0.3, 0.4) is 0 Å². The highest BCUT2D eigenvalue weighted by Gasteiger charge is 2.27. The molecule has 1 aliphatic heterocycles. The summed E-state index contributed by atoms with van der Waals surface area (Å²) >= 11 is 0. The summed E-state index contributed by atoms with van der Waals surface area (Å²) in [5.74, 6) is 0.0979. The summed E-state index contributed by atoms with van der Waals surface area (Å²) in [5.41, 5.74) is 1.61. The van der Waals surface area contributed by atoms with E-state index >= 15 is 0 Å². The Morgan fingerprint density at radius 2 is 2.00 bits per heavy atom. The zero-order chi connectivity index (χ0) is 19.2. The van der Waals surface area contributed by atoms with E-state index < -0.39 is 0 Å². The minimum absolute atomic E-state index is 0.0481. The summed E-state index contributed by atoms with van der Waals surface area (Å²) in [5, 5.41) is 3.14. The number of piperidine rings is 1. The smallest absolute Gasteiger partial charge is 0.337 e. The van der Waals surface area contributed by atoms with Crippen LogP contribution in [0.2, 0.25) is 0 Å². The molecule has 1 N–H and O–H groups in total. The highest BCUT2D eigenvalue weighted by Crippen LogP contribution is 2.22. The van der Waals surface area contributed by atoms with Crippen LogP contribution in [0.1, 0.15) is 53.5 Å². The molecule has 1 aromatic heterocycles. The number of carbonyl (C=O) groups is 2. The molecule has 2 heterocycles. The number of benzene rings is 1. The van der Waals surface area contributed by atoms with E-state index in [4.69, 9.17) is 0 Å². The largest absolute Gasteiger partial charge is 0.465 e. The summed E-state index contributed by atoms with van der Waals surface area (Å²) in [6.07, 6.45) is 5.59. The third-order valence-electron chi connectivity index (χ3n) is 4.82. The number of hydrogen-bond donors (Lipinski definition) is 1. The van der Waals surface area contributed by atoms with Crippen LogP contribution in [0.15, 0.2) is 36.7 Å². The third kappa shape index (κ3) is 4.42. The summed E-state index contributed by atoms with van der Waals surface area (Å²) in [6.45, 7) is 2.89. The van der Waals surface area contributed by atoms with Crippen LogP contribution in [-0.4, -0.2) is 46.4 Å². The van der Waals surface area contributed by atoms with Gasteiger partial charge in [-0.1, -0.05) is 6.92 Å². The molecule has 0 bridgehead atoms. The van der Waals surface area contributed by atoms with Crippen molar-refractivity contribution in [3.8, 4) is 0 Å². The molecule has 0 aliphatic carbocycles. The van der Waals surface area contributed by atoms with Gasteiger partial charge < -0.3 is 15.0 Å². The first-order valence-corrected chi connectivity index (χ1v) is 9.20. The van der Waals surface area contributed by atoms with Gasteiger partial charge in [-0.2, -0.15) is 0 Å². The van der Waals surface area contributed by atoms with E-state index in [1.807, 2.05) is 4.90 Å². The van der Waals surface area contributed by atoms with E-state index in [9.17, 15) is 9.59 Å². The maximum atomic E-state index is 12.9. The molecule has 3 rings (SSSR count). The van der Waals surface area contributed by atoms with Crippen LogP contribution in [-0.2, 0) is 4.74 Å². The Bertz CT molecular complexity index is 807. The van der Waals surface area contributed by atoms with Crippen molar-refractivity contribution >= 4 is 23.4 Å². The maximum absolute atomic E-state index is 12.9. The fraction of sp³-hybridized carbons (Fsp3) is 0.400. The molecule has 7 nitrogen and oxygen atoms in total. The number of esters is 1. The number of amides is 1. The van der Waals surface area contributed by atoms with E-state index in [-0.39, 0.29) is 17.9 Å². The monoisotopic (exact) mass is 368 g/mol. The Morgan fingerprint density at radius 3 is 2.70 bits per heavy atom. The van der Waals surface area contributed by atoms with E-state index in [0.717, 1.165) is 31.5 Å². The van der Waals surface area contributed by atoms with Crippen LogP contribution < -0.4 is 5.32 Å². The molecular formula is C20H24N4O3. The van der Waals surface area contributed by atoms with Gasteiger partial charge in [0.25, 0.3) is 5.91 Å². The fourth-order valence-electron chi connectivity index (χ4n) is 3.34. The third-order valence-corrected chi connectivity index (χ3v) is 4.82. The average Bonchev–Trinajstić information content (AvgIpc) is 2.73. The van der Waals surface area contributed by atoms with E-state index in [1.54, 1.807) is 30.3 Å². The zero-order valence-corrected chi connectivity index (χ0v) is 15.6. The van der Waals surface area contributed by atoms with Crippen molar-refractivity contribution in [1.82, 2.24) is 14.9 Å². The van der Waals surface area contributed by atoms with Gasteiger partial charge in [0, 0.05) is 24.3 Å². The molecule has 2 aromatic rings. The number of likely N-dealkylation sites (tertiary alicyclic amines) is 1. The molecule has 1 fully saturated rings. The second-order valence-corrected chi connectivity index (χ2v) is 6.54. The van der Waals surface area contributed by atoms with Gasteiger partial charge >= 0.3 is 5.97 Å². The Balaban J connectivity index is 1.73. The molecular weight excluding hydrogens is 344 g/mol. The van der Waals surface area contributed by atoms with Crippen LogP contribution in [0.25, 0.3) is 0 Å². The molecule has 7 heteroatoms. The lowest BCUT2D eigenvalue weighted by Gasteiger charge is -2.35. The van der Waals surface area contributed by atoms with Gasteiger partial charge in [-0.25, -0.2) is 14.8 Å². The first-order valence-electron chi connectivity index (χ1n) is 9.20. The number of ether oxygens (including phenoxy) is 1. The van der Waals surface area contributed by atoms with Gasteiger partial charge in [0.2, 0.25) is 0 Å². The first-order chi connectivity index (χ1) is 13.1. The van der Waals surface area contributed by atoms with Gasteiger partial charge in [-0.3, -0.25) is 4.79 Å². The molecule has 0 saturated carbocycles. The van der Waals surface area contributed by atoms with Crippen molar-refractivity contribution in [2.24, 2.45) is 0 Å². The number of nitrogens with one attached hydrogen (secondary N) is 1. The Hall–Kier alpha value is -2.96. The highest BCUT2D eigenvalue weighted by atomic mass is 16.5. The van der Waals surface area contributed by atoms with Gasteiger partial charge in [0.05, 0.1) is 12.7 Å². The second-order valence-electron chi connectivity index (χ2n) is 6.54. The first kappa shape index (κ1) is 18.8. The Morgan fingerprint density at radius 1 is 1.22 bits per heavy atom. The Labute approximate surface area is 158 Å². The van der Waals surface area contributed by atoms with Crippen molar-refractivity contribution in [1.29, 1.82) is 0 Å². The van der Waals surface area contributed by atoms with Crippen molar-refractivity contribution in [3.05, 3.63) is 47.9 Å². The number of rotatable bonds is 5. The average molecular weight is 368 g/mol. The molecule has 27 heavy (non-hydrogen) atoms. The maximum Gasteiger partial charge on any atom is 0.337 e. The molecule has 142 valence electrons. The number of aromatic nitrogens is 2.